The van der Waals surface area contributed by atoms with E-state index in [1.165, 1.54) is 0 Å². The van der Waals surface area contributed by atoms with Gasteiger partial charge in [0.15, 0.2) is 0 Å². The van der Waals surface area contributed by atoms with Crippen LogP contribution in [0, 0.1) is 12.3 Å². The number of hydrogen-bond donors (Lipinski definition) is 2. The number of aryl methyl sites for hydroxylation is 1. The number of carbonyl (C=O) groups excluding carboxylic acids is 1. The number of carboxylic acid groups (broad SMARTS) is 1. The maximum Gasteiger partial charge on any atom is 0.414 e. The Labute approximate surface area is 210 Å². The molecule has 2 atom stereocenters. The molecule has 2 heterocycles. The van der Waals surface area contributed by atoms with Gasteiger partial charge in [0.1, 0.15) is 6.10 Å². The van der Waals surface area contributed by atoms with Crippen LogP contribution in [0.2, 0.25) is 0 Å². The van der Waals surface area contributed by atoms with Gasteiger partial charge in [-0.05, 0) is 69.2 Å². The lowest BCUT2D eigenvalue weighted by molar-refractivity contribution is -0.144. The summed E-state index contributed by atoms with van der Waals surface area (Å²) in [5, 5.41) is 16.6. The molecule has 1 saturated carbocycles. The minimum absolute atomic E-state index is 0.0190. The third kappa shape index (κ3) is 4.55. The van der Waals surface area contributed by atoms with Crippen LogP contribution in [-0.2, 0) is 9.53 Å². The summed E-state index contributed by atoms with van der Waals surface area (Å²) < 4.78 is 10.9. The molecule has 1 aliphatic carbocycles. The fraction of sp³-hybridized carbons (Fsp3) is 0.393. The Morgan fingerprint density at radius 2 is 1.86 bits per heavy atom. The van der Waals surface area contributed by atoms with Crippen LogP contribution >= 0.6 is 0 Å². The smallest absolute Gasteiger partial charge is 0.414 e. The van der Waals surface area contributed by atoms with Crippen LogP contribution in [-0.4, -0.2) is 34.9 Å². The second-order valence-corrected chi connectivity index (χ2v) is 9.77. The van der Waals surface area contributed by atoms with E-state index in [9.17, 15) is 14.7 Å². The molecular weight excluding hydrogens is 458 g/mol. The van der Waals surface area contributed by atoms with Crippen molar-refractivity contribution in [3.8, 4) is 11.1 Å². The summed E-state index contributed by atoms with van der Waals surface area (Å²) in [6.45, 7) is 4.48. The summed E-state index contributed by atoms with van der Waals surface area (Å²) in [5.41, 5.74) is 3.47. The Morgan fingerprint density at radius 3 is 2.53 bits per heavy atom. The molecule has 1 aromatic heterocycles. The number of hydrogen-bond acceptors (Lipinski definition) is 6. The van der Waals surface area contributed by atoms with Crippen molar-refractivity contribution < 1.29 is 24.0 Å². The fourth-order valence-electron chi connectivity index (χ4n) is 5.33. The maximum atomic E-state index is 12.6. The second kappa shape index (κ2) is 9.68. The predicted octanol–water partition coefficient (Wildman–Crippen LogP) is 6.18. The first-order valence-electron chi connectivity index (χ1n) is 12.5. The third-order valence-electron chi connectivity index (χ3n) is 7.47. The number of carbonyl (C=O) groups is 2. The number of amides is 1. The fourth-order valence-corrected chi connectivity index (χ4v) is 5.33. The van der Waals surface area contributed by atoms with Crippen LogP contribution in [0.1, 0.15) is 56.4 Å². The zero-order chi connectivity index (χ0) is 25.3. The first-order valence-corrected chi connectivity index (χ1v) is 12.5. The Balaban J connectivity index is 1.32. The molecule has 1 amide bonds. The van der Waals surface area contributed by atoms with Crippen LogP contribution in [0.25, 0.3) is 11.1 Å². The van der Waals surface area contributed by atoms with Gasteiger partial charge in [0, 0.05) is 18.3 Å². The average Bonchev–Trinajstić information content (AvgIpc) is 3.63. The third-order valence-corrected chi connectivity index (χ3v) is 7.47. The topological polar surface area (TPSA) is 105 Å². The molecule has 2 N–H and O–H groups in total. The number of nitrogens with one attached hydrogen (secondary N) is 1. The molecule has 2 fully saturated rings. The highest BCUT2D eigenvalue weighted by Gasteiger charge is 2.58. The minimum Gasteiger partial charge on any atom is -0.481 e. The van der Waals surface area contributed by atoms with Gasteiger partial charge in [0.2, 0.25) is 5.88 Å². The summed E-state index contributed by atoms with van der Waals surface area (Å²) in [4.78, 5) is 26.8. The second-order valence-electron chi connectivity index (χ2n) is 9.77. The first kappa shape index (κ1) is 23.9. The Kier molecular flexibility index (Phi) is 6.43. The summed E-state index contributed by atoms with van der Waals surface area (Å²) in [5.74, 6) is -0.454. The van der Waals surface area contributed by atoms with Crippen molar-refractivity contribution in [3.63, 3.8) is 0 Å². The molecule has 0 bridgehead atoms. The molecule has 3 aromatic rings. The molecule has 0 spiro atoms. The number of anilines is 2. The van der Waals surface area contributed by atoms with E-state index >= 15 is 0 Å². The van der Waals surface area contributed by atoms with Crippen molar-refractivity contribution in [3.05, 3.63) is 65.9 Å². The largest absolute Gasteiger partial charge is 0.481 e. The number of carboxylic acids is 1. The van der Waals surface area contributed by atoms with Gasteiger partial charge in [0.25, 0.3) is 0 Å². The molecule has 188 valence electrons. The Hall–Kier alpha value is -3.81. The van der Waals surface area contributed by atoms with Crippen molar-refractivity contribution >= 4 is 23.6 Å². The molecule has 36 heavy (non-hydrogen) atoms. The molecule has 2 aliphatic rings. The van der Waals surface area contributed by atoms with E-state index < -0.39 is 23.6 Å². The Bertz CT molecular complexity index is 1230. The molecule has 1 aliphatic heterocycles. The summed E-state index contributed by atoms with van der Waals surface area (Å²) in [6, 6.07) is 17.5. The number of ether oxygens (including phenoxy) is 1. The van der Waals surface area contributed by atoms with Crippen molar-refractivity contribution in [2.45, 2.75) is 58.1 Å². The van der Waals surface area contributed by atoms with E-state index in [1.807, 2.05) is 68.4 Å². The normalized spacial score (nSPS) is 19.4. The van der Waals surface area contributed by atoms with Crippen LogP contribution in [0.3, 0.4) is 0 Å². The van der Waals surface area contributed by atoms with Crippen molar-refractivity contribution in [2.75, 3.05) is 16.8 Å². The molecule has 2 unspecified atom stereocenters. The first-order chi connectivity index (χ1) is 17.4. The van der Waals surface area contributed by atoms with Crippen LogP contribution in [0.15, 0.2) is 59.1 Å². The molecule has 2 aromatic carbocycles. The van der Waals surface area contributed by atoms with E-state index in [1.54, 1.807) is 0 Å². The zero-order valence-electron chi connectivity index (χ0n) is 20.6. The van der Waals surface area contributed by atoms with Gasteiger partial charge in [-0.25, -0.2) is 4.79 Å². The molecule has 8 nitrogen and oxygen atoms in total. The van der Waals surface area contributed by atoms with E-state index in [0.29, 0.717) is 11.3 Å². The number of aliphatic carboxylic acids is 1. The van der Waals surface area contributed by atoms with Gasteiger partial charge in [-0.2, -0.15) is 0 Å². The summed E-state index contributed by atoms with van der Waals surface area (Å²) in [7, 11) is 0. The van der Waals surface area contributed by atoms with E-state index in [0.717, 1.165) is 55.5 Å². The molecule has 8 heteroatoms. The average molecular weight is 490 g/mol. The lowest BCUT2D eigenvalue weighted by Gasteiger charge is -2.41. The van der Waals surface area contributed by atoms with E-state index in [2.05, 4.69) is 15.4 Å². The van der Waals surface area contributed by atoms with Gasteiger partial charge in [-0.15, -0.1) is 0 Å². The van der Waals surface area contributed by atoms with Gasteiger partial charge >= 0.3 is 12.1 Å². The maximum absolute atomic E-state index is 12.6. The standard InChI is InChI=1S/C28H31N3O5/c1-18-24(25(36-30-18)29-27(34)35-19(2)20-8-4-3-5-9-20)21-11-13-22(14-12-21)31-17-7-6-10-23(31)28(15-16-28)26(32)33/h3-5,8-9,11-14,19,23H,6-7,10,15-17H2,1-2H3,(H,29,34)(H,32,33). The van der Waals surface area contributed by atoms with Gasteiger partial charge < -0.3 is 19.3 Å². The minimum atomic E-state index is -0.680. The number of nitrogens with zero attached hydrogens (tertiary/aromatic N) is 2. The zero-order valence-corrected chi connectivity index (χ0v) is 20.6. The molecule has 1 saturated heterocycles. The molecule has 0 radical (unpaired) electrons. The van der Waals surface area contributed by atoms with E-state index in [-0.39, 0.29) is 11.9 Å². The predicted molar refractivity (Wildman–Crippen MR) is 136 cm³/mol. The highest BCUT2D eigenvalue weighted by atomic mass is 16.6. The van der Waals surface area contributed by atoms with Crippen molar-refractivity contribution in [1.82, 2.24) is 5.16 Å². The van der Waals surface area contributed by atoms with Gasteiger partial charge in [0.05, 0.1) is 16.7 Å². The van der Waals surface area contributed by atoms with Crippen LogP contribution < -0.4 is 10.2 Å². The highest BCUT2D eigenvalue weighted by Crippen LogP contribution is 2.53. The van der Waals surface area contributed by atoms with E-state index in [4.69, 9.17) is 9.26 Å². The van der Waals surface area contributed by atoms with Crippen molar-refractivity contribution in [1.29, 1.82) is 0 Å². The number of rotatable bonds is 7. The Morgan fingerprint density at radius 1 is 1.14 bits per heavy atom. The lowest BCUT2D eigenvalue weighted by Crippen LogP contribution is -2.48. The summed E-state index contributed by atoms with van der Waals surface area (Å²) in [6.07, 6.45) is 3.45. The molecular formula is C28H31N3O5. The quantitative estimate of drug-likeness (QED) is 0.408. The number of piperidine rings is 1. The van der Waals surface area contributed by atoms with Crippen LogP contribution in [0.4, 0.5) is 16.4 Å². The monoisotopic (exact) mass is 489 g/mol. The summed E-state index contributed by atoms with van der Waals surface area (Å²) >= 11 is 0. The van der Waals surface area contributed by atoms with Crippen LogP contribution in [0.5, 0.6) is 0 Å². The lowest BCUT2D eigenvalue weighted by atomic mass is 9.87. The number of aromatic nitrogens is 1. The van der Waals surface area contributed by atoms with Crippen molar-refractivity contribution in [2.24, 2.45) is 5.41 Å². The van der Waals surface area contributed by atoms with Gasteiger partial charge in [-0.3, -0.25) is 10.1 Å². The highest BCUT2D eigenvalue weighted by molar-refractivity contribution is 5.90. The van der Waals surface area contributed by atoms with Gasteiger partial charge in [-0.1, -0.05) is 47.6 Å². The molecule has 5 rings (SSSR count). The number of benzene rings is 2. The SMILES string of the molecule is Cc1noc(NC(=O)OC(C)c2ccccc2)c1-c1ccc(N2CCCCC2C2(C(=O)O)CC2)cc1.